The Morgan fingerprint density at radius 1 is 1.19 bits per heavy atom. The second-order valence-electron chi connectivity index (χ2n) is 6.80. The first-order valence-corrected chi connectivity index (χ1v) is 11.9. The van der Waals surface area contributed by atoms with Gasteiger partial charge in [-0.05, 0) is 48.1 Å². The number of hydrogen-bond acceptors (Lipinski definition) is 7. The number of nitrogens with one attached hydrogen (secondary N) is 1. The van der Waals surface area contributed by atoms with Crippen LogP contribution in [0.5, 0.6) is 5.75 Å². The number of carbonyl (C=O) groups is 1. The first-order chi connectivity index (χ1) is 14.9. The minimum atomic E-state index is -3.02. The predicted octanol–water partition coefficient (Wildman–Crippen LogP) is 4.13. The smallest absolute Gasteiger partial charge is 0.337 e. The molecular formula is C23H30NO6P. The van der Waals surface area contributed by atoms with E-state index in [0.29, 0.717) is 18.7 Å². The number of ether oxygens (including phenoxy) is 2. The molecule has 2 aromatic carbocycles. The highest BCUT2D eigenvalue weighted by atomic mass is 31.2. The van der Waals surface area contributed by atoms with Crippen LogP contribution >= 0.6 is 7.37 Å². The Morgan fingerprint density at radius 2 is 1.94 bits per heavy atom. The number of hydrogen-bond donors (Lipinski definition) is 2. The van der Waals surface area contributed by atoms with E-state index in [1.54, 1.807) is 37.2 Å². The maximum Gasteiger partial charge on any atom is 0.337 e. The maximum atomic E-state index is 13.2. The summed E-state index contributed by atoms with van der Waals surface area (Å²) >= 11 is 0. The standard InChI is InChI=1S/C23H30NO6P/c1-4-30-31(27,17-18-9-11-21(28-2)12-10-18)14-6-13-24-22(16-25)19-7-5-8-20(15-19)23(26)29-3/h5-12,14-15,22,24-25H,4,13,16-17H2,1-3H3/b14-6+. The molecule has 0 aliphatic heterocycles. The monoisotopic (exact) mass is 447 g/mol. The number of rotatable bonds is 12. The van der Waals surface area contributed by atoms with Crippen LogP contribution in [0.2, 0.25) is 0 Å². The van der Waals surface area contributed by atoms with E-state index in [1.807, 2.05) is 37.3 Å². The number of carbonyl (C=O) groups excluding carboxylic acids is 1. The van der Waals surface area contributed by atoms with Crippen LogP contribution in [0.1, 0.15) is 34.5 Å². The van der Waals surface area contributed by atoms with E-state index >= 15 is 0 Å². The highest BCUT2D eigenvalue weighted by Crippen LogP contribution is 2.51. The molecule has 7 nitrogen and oxygen atoms in total. The van der Waals surface area contributed by atoms with Gasteiger partial charge in [-0.3, -0.25) is 4.57 Å². The summed E-state index contributed by atoms with van der Waals surface area (Å²) in [5, 5.41) is 12.9. The number of aliphatic hydroxyl groups is 1. The van der Waals surface area contributed by atoms with Gasteiger partial charge in [0.1, 0.15) is 5.75 Å². The van der Waals surface area contributed by atoms with Crippen LogP contribution in [0, 0.1) is 0 Å². The van der Waals surface area contributed by atoms with E-state index in [0.717, 1.165) is 16.9 Å². The second kappa shape index (κ2) is 12.4. The molecule has 8 heteroatoms. The van der Waals surface area contributed by atoms with Crippen LogP contribution in [0.15, 0.2) is 60.4 Å². The Hall–Kier alpha value is -2.44. The van der Waals surface area contributed by atoms with E-state index < -0.39 is 13.3 Å². The fourth-order valence-electron chi connectivity index (χ4n) is 3.06. The Balaban J connectivity index is 2.03. The zero-order valence-corrected chi connectivity index (χ0v) is 19.0. The summed E-state index contributed by atoms with van der Waals surface area (Å²) < 4.78 is 28.7. The van der Waals surface area contributed by atoms with Crippen molar-refractivity contribution in [1.29, 1.82) is 0 Å². The van der Waals surface area contributed by atoms with Gasteiger partial charge in [-0.2, -0.15) is 0 Å². The Morgan fingerprint density at radius 3 is 2.55 bits per heavy atom. The third-order valence-corrected chi connectivity index (χ3v) is 6.78. The van der Waals surface area contributed by atoms with Crippen molar-refractivity contribution in [3.8, 4) is 5.75 Å². The number of benzene rings is 2. The quantitative estimate of drug-likeness (QED) is 0.373. The zero-order valence-electron chi connectivity index (χ0n) is 18.1. The van der Waals surface area contributed by atoms with Crippen molar-refractivity contribution in [2.24, 2.45) is 0 Å². The van der Waals surface area contributed by atoms with Crippen LogP contribution in [0.3, 0.4) is 0 Å². The van der Waals surface area contributed by atoms with Crippen molar-refractivity contribution in [2.75, 3.05) is 34.0 Å². The van der Waals surface area contributed by atoms with E-state index in [2.05, 4.69) is 5.32 Å². The molecule has 0 heterocycles. The molecule has 0 spiro atoms. The first-order valence-electron chi connectivity index (χ1n) is 10.0. The van der Waals surface area contributed by atoms with E-state index in [1.165, 1.54) is 7.11 Å². The van der Waals surface area contributed by atoms with Gasteiger partial charge in [0, 0.05) is 6.54 Å². The lowest BCUT2D eigenvalue weighted by Gasteiger charge is -2.17. The average Bonchev–Trinajstić information content (AvgIpc) is 2.79. The molecule has 2 unspecified atom stereocenters. The minimum absolute atomic E-state index is 0.159. The molecule has 0 saturated heterocycles. The van der Waals surface area contributed by atoms with Crippen LogP contribution in [-0.2, 0) is 20.0 Å². The van der Waals surface area contributed by atoms with Gasteiger partial charge in [0.05, 0.1) is 45.2 Å². The number of methoxy groups -OCH3 is 2. The zero-order chi connectivity index (χ0) is 22.7. The third-order valence-electron chi connectivity index (χ3n) is 4.62. The van der Waals surface area contributed by atoms with Crippen molar-refractivity contribution in [2.45, 2.75) is 19.1 Å². The molecular weight excluding hydrogens is 417 g/mol. The Kier molecular flexibility index (Phi) is 9.95. The molecule has 31 heavy (non-hydrogen) atoms. The van der Waals surface area contributed by atoms with Gasteiger partial charge in [0.15, 0.2) is 0 Å². The minimum Gasteiger partial charge on any atom is -0.497 e. The van der Waals surface area contributed by atoms with Gasteiger partial charge >= 0.3 is 5.97 Å². The number of esters is 1. The Bertz CT molecular complexity index is 913. The molecule has 2 N–H and O–H groups in total. The van der Waals surface area contributed by atoms with Gasteiger partial charge in [-0.25, -0.2) is 4.79 Å². The Labute approximate surface area is 183 Å². The van der Waals surface area contributed by atoms with E-state index in [9.17, 15) is 14.5 Å². The summed E-state index contributed by atoms with van der Waals surface area (Å²) in [7, 11) is -0.0933. The SMILES string of the molecule is CCOP(=O)(/C=C/CNC(CO)c1cccc(C(=O)OC)c1)Cc1ccc(OC)cc1. The molecule has 0 radical (unpaired) electrons. The summed E-state index contributed by atoms with van der Waals surface area (Å²) in [4.78, 5) is 11.7. The van der Waals surface area contributed by atoms with Crippen LogP contribution < -0.4 is 10.1 Å². The molecule has 0 amide bonds. The van der Waals surface area contributed by atoms with Gasteiger partial charge in [-0.1, -0.05) is 30.3 Å². The highest BCUT2D eigenvalue weighted by molar-refractivity contribution is 7.61. The van der Waals surface area contributed by atoms with Gasteiger partial charge in [0.25, 0.3) is 0 Å². The third kappa shape index (κ3) is 7.64. The maximum absolute atomic E-state index is 13.2. The largest absolute Gasteiger partial charge is 0.497 e. The topological polar surface area (TPSA) is 94.1 Å². The van der Waals surface area contributed by atoms with Crippen molar-refractivity contribution >= 4 is 13.3 Å². The molecule has 168 valence electrons. The normalized spacial score (nSPS) is 14.2. The van der Waals surface area contributed by atoms with Gasteiger partial charge in [-0.15, -0.1) is 0 Å². The summed E-state index contributed by atoms with van der Waals surface area (Å²) in [5.74, 6) is 1.91. The summed E-state index contributed by atoms with van der Waals surface area (Å²) in [5.41, 5.74) is 2.06. The molecule has 2 atom stereocenters. The van der Waals surface area contributed by atoms with E-state index in [4.69, 9.17) is 14.0 Å². The van der Waals surface area contributed by atoms with Crippen molar-refractivity contribution in [3.05, 3.63) is 77.1 Å². The molecule has 0 fully saturated rings. The summed E-state index contributed by atoms with van der Waals surface area (Å²) in [6.45, 7) is 2.36. The van der Waals surface area contributed by atoms with Crippen LogP contribution in [0.4, 0.5) is 0 Å². The fraction of sp³-hybridized carbons (Fsp3) is 0.348. The fourth-order valence-corrected chi connectivity index (χ4v) is 4.92. The second-order valence-corrected chi connectivity index (χ2v) is 9.12. The van der Waals surface area contributed by atoms with Crippen molar-refractivity contribution in [1.82, 2.24) is 5.32 Å². The average molecular weight is 447 g/mol. The molecule has 0 aliphatic carbocycles. The molecule has 0 aromatic heterocycles. The first kappa shape index (κ1) is 24.8. The van der Waals surface area contributed by atoms with E-state index in [-0.39, 0.29) is 18.8 Å². The van der Waals surface area contributed by atoms with Crippen molar-refractivity contribution < 1.29 is 28.5 Å². The lowest BCUT2D eigenvalue weighted by molar-refractivity contribution is 0.0600. The molecule has 0 bridgehead atoms. The van der Waals surface area contributed by atoms with Gasteiger partial charge < -0.3 is 24.4 Å². The summed E-state index contributed by atoms with van der Waals surface area (Å²) in [6, 6.07) is 13.9. The lowest BCUT2D eigenvalue weighted by atomic mass is 10.0. The predicted molar refractivity (Wildman–Crippen MR) is 121 cm³/mol. The van der Waals surface area contributed by atoms with Crippen LogP contribution in [0.25, 0.3) is 0 Å². The molecule has 0 saturated carbocycles. The molecule has 2 aromatic rings. The summed E-state index contributed by atoms with van der Waals surface area (Å²) in [6.07, 6.45) is 2.03. The highest BCUT2D eigenvalue weighted by Gasteiger charge is 2.20. The molecule has 0 aliphatic rings. The number of aliphatic hydroxyl groups excluding tert-OH is 1. The van der Waals surface area contributed by atoms with Gasteiger partial charge in [0.2, 0.25) is 7.37 Å². The van der Waals surface area contributed by atoms with Crippen LogP contribution in [-0.4, -0.2) is 45.1 Å². The van der Waals surface area contributed by atoms with Crippen molar-refractivity contribution in [3.63, 3.8) is 0 Å². The lowest BCUT2D eigenvalue weighted by Crippen LogP contribution is -2.24. The molecule has 2 rings (SSSR count).